The molecule has 0 aliphatic carbocycles. The van der Waals surface area contributed by atoms with Crippen molar-refractivity contribution >= 4 is 44.2 Å². The number of nitrogens with one attached hydrogen (secondary N) is 1. The molecule has 2 aliphatic rings. The zero-order valence-corrected chi connectivity index (χ0v) is 31.2. The highest BCUT2D eigenvalue weighted by Crippen LogP contribution is 2.50. The lowest BCUT2D eigenvalue weighted by Crippen LogP contribution is -2.34. The molecule has 9 aromatic rings. The molecule has 0 saturated carbocycles. The molecule has 0 radical (unpaired) electrons. The van der Waals surface area contributed by atoms with E-state index in [4.69, 9.17) is 0 Å². The molecule has 0 bridgehead atoms. The Bertz CT molecular complexity index is 3010. The largest absolute Gasteiger partial charge is 0.359 e. The van der Waals surface area contributed by atoms with E-state index in [1.165, 1.54) is 77.2 Å². The van der Waals surface area contributed by atoms with Crippen LogP contribution in [0.3, 0.4) is 0 Å². The van der Waals surface area contributed by atoms with E-state index in [1.54, 1.807) is 0 Å². The van der Waals surface area contributed by atoms with Crippen LogP contribution in [0.2, 0.25) is 0 Å². The maximum atomic E-state index is 4.30. The first-order valence-electron chi connectivity index (χ1n) is 19.6. The lowest BCUT2D eigenvalue weighted by molar-refractivity contribution is 0.925. The zero-order chi connectivity index (χ0) is 37.7. The number of fused-ring (bicyclic) bond motifs is 5. The quantitative estimate of drug-likeness (QED) is 0.185. The summed E-state index contributed by atoms with van der Waals surface area (Å²) in [6.07, 6.45) is 8.32. The van der Waals surface area contributed by atoms with Crippen LogP contribution in [0.25, 0.3) is 77.3 Å². The number of anilines is 2. The van der Waals surface area contributed by atoms with E-state index < -0.39 is 0 Å². The van der Waals surface area contributed by atoms with E-state index in [-0.39, 0.29) is 6.17 Å². The summed E-state index contributed by atoms with van der Waals surface area (Å²) in [7, 11) is 0. The summed E-state index contributed by atoms with van der Waals surface area (Å²) in [6, 6.07) is 68.2. The van der Waals surface area contributed by atoms with Gasteiger partial charge >= 0.3 is 0 Å². The van der Waals surface area contributed by atoms with Crippen molar-refractivity contribution in [3.05, 3.63) is 224 Å². The summed E-state index contributed by atoms with van der Waals surface area (Å²) >= 11 is 0. The van der Waals surface area contributed by atoms with Gasteiger partial charge in [-0.25, -0.2) is 0 Å². The lowest BCUT2D eigenvalue weighted by atomic mass is 9.92. The molecule has 1 atom stereocenters. The average molecular weight is 728 g/mol. The molecular formula is C54H37N3. The van der Waals surface area contributed by atoms with Crippen LogP contribution < -0.4 is 10.2 Å². The molecule has 8 aromatic carbocycles. The van der Waals surface area contributed by atoms with E-state index in [0.29, 0.717) is 0 Å². The number of hydrogen-bond donors (Lipinski definition) is 1. The maximum absolute atomic E-state index is 4.30. The second kappa shape index (κ2) is 13.7. The number of hydrogen-bond acceptors (Lipinski definition) is 3. The number of rotatable bonds is 6. The Hall–Kier alpha value is -7.49. The Morgan fingerprint density at radius 3 is 1.60 bits per heavy atom. The van der Waals surface area contributed by atoms with Crippen molar-refractivity contribution in [1.82, 2.24) is 4.98 Å². The molecule has 3 nitrogen and oxygen atoms in total. The minimum atomic E-state index is -0.0823. The van der Waals surface area contributed by atoms with Gasteiger partial charge in [0.05, 0.1) is 17.1 Å². The fraction of sp³-hybridized carbons (Fsp3) is 0.0185. The normalized spacial score (nSPS) is 14.5. The molecule has 0 spiro atoms. The second-order valence-electron chi connectivity index (χ2n) is 14.8. The number of pyridine rings is 1. The molecule has 1 unspecified atom stereocenters. The van der Waals surface area contributed by atoms with Gasteiger partial charge in [0.25, 0.3) is 0 Å². The van der Waals surface area contributed by atoms with Crippen LogP contribution in [0.1, 0.15) is 11.1 Å². The second-order valence-corrected chi connectivity index (χ2v) is 14.8. The van der Waals surface area contributed by atoms with E-state index in [9.17, 15) is 0 Å². The molecule has 0 fully saturated rings. The number of aromatic nitrogens is 1. The van der Waals surface area contributed by atoms with Gasteiger partial charge in [-0.05, 0) is 114 Å². The summed E-state index contributed by atoms with van der Waals surface area (Å²) in [6.45, 7) is 0. The molecule has 268 valence electrons. The Morgan fingerprint density at radius 2 is 0.965 bits per heavy atom. The maximum Gasteiger partial charge on any atom is 0.124 e. The SMILES string of the molecule is C1=C(c2ccncc2)C=C(c2ccccc2)N2c3cc(-c4ccc(-c5cccc6ccccc56)cc4)cc(-c4ccc(-c5cccc6ccccc56)cc4)c3NC12. The van der Waals surface area contributed by atoms with Gasteiger partial charge in [-0.15, -0.1) is 0 Å². The monoisotopic (exact) mass is 727 g/mol. The highest BCUT2D eigenvalue weighted by molar-refractivity contribution is 6.05. The van der Waals surface area contributed by atoms with Crippen LogP contribution in [0, 0.1) is 0 Å². The topological polar surface area (TPSA) is 28.2 Å². The summed E-state index contributed by atoms with van der Waals surface area (Å²) in [5, 5.41) is 9.02. The summed E-state index contributed by atoms with van der Waals surface area (Å²) < 4.78 is 0. The van der Waals surface area contributed by atoms with Gasteiger partial charge in [0.15, 0.2) is 0 Å². The molecule has 0 saturated heterocycles. The van der Waals surface area contributed by atoms with E-state index >= 15 is 0 Å². The summed E-state index contributed by atoms with van der Waals surface area (Å²) in [5.74, 6) is 0. The molecule has 2 aliphatic heterocycles. The van der Waals surface area contributed by atoms with Gasteiger partial charge in [0.1, 0.15) is 6.17 Å². The average Bonchev–Trinajstić information content (AvgIpc) is 3.67. The van der Waals surface area contributed by atoms with Crippen LogP contribution in [-0.2, 0) is 0 Å². The highest BCUT2D eigenvalue weighted by atomic mass is 15.3. The van der Waals surface area contributed by atoms with Crippen molar-refractivity contribution in [2.45, 2.75) is 6.17 Å². The van der Waals surface area contributed by atoms with Gasteiger partial charge in [0, 0.05) is 18.0 Å². The molecule has 0 amide bonds. The first-order valence-corrected chi connectivity index (χ1v) is 19.6. The fourth-order valence-corrected chi connectivity index (χ4v) is 8.74. The minimum Gasteiger partial charge on any atom is -0.359 e. The predicted molar refractivity (Wildman–Crippen MR) is 240 cm³/mol. The smallest absolute Gasteiger partial charge is 0.124 e. The van der Waals surface area contributed by atoms with E-state index in [1.807, 2.05) is 12.4 Å². The Kier molecular flexibility index (Phi) is 7.89. The van der Waals surface area contributed by atoms with Gasteiger partial charge in [-0.3, -0.25) is 4.98 Å². The Labute approximate surface area is 332 Å². The first kappa shape index (κ1) is 32.9. The van der Waals surface area contributed by atoms with Crippen molar-refractivity contribution in [1.29, 1.82) is 0 Å². The van der Waals surface area contributed by atoms with Gasteiger partial charge < -0.3 is 10.2 Å². The highest BCUT2D eigenvalue weighted by Gasteiger charge is 2.36. The van der Waals surface area contributed by atoms with Crippen molar-refractivity contribution in [2.24, 2.45) is 0 Å². The third-order valence-electron chi connectivity index (χ3n) is 11.5. The van der Waals surface area contributed by atoms with Crippen LogP contribution in [-0.4, -0.2) is 11.1 Å². The number of benzene rings is 8. The van der Waals surface area contributed by atoms with Crippen molar-refractivity contribution < 1.29 is 0 Å². The first-order chi connectivity index (χ1) is 28.2. The number of allylic oxidation sites excluding steroid dienone is 2. The predicted octanol–water partition coefficient (Wildman–Crippen LogP) is 13.8. The number of nitrogens with zero attached hydrogens (tertiary/aromatic N) is 2. The molecular weight excluding hydrogens is 691 g/mol. The molecule has 1 N–H and O–H groups in total. The van der Waals surface area contributed by atoms with Crippen LogP contribution >= 0.6 is 0 Å². The lowest BCUT2D eigenvalue weighted by Gasteiger charge is -2.32. The summed E-state index contributed by atoms with van der Waals surface area (Å²) in [4.78, 5) is 6.77. The third kappa shape index (κ3) is 5.80. The van der Waals surface area contributed by atoms with Crippen molar-refractivity contribution in [2.75, 3.05) is 10.2 Å². The van der Waals surface area contributed by atoms with Crippen molar-refractivity contribution in [3.8, 4) is 44.5 Å². The molecule has 1 aromatic heterocycles. The molecule has 57 heavy (non-hydrogen) atoms. The minimum absolute atomic E-state index is 0.0823. The van der Waals surface area contributed by atoms with E-state index in [0.717, 1.165) is 22.6 Å². The van der Waals surface area contributed by atoms with Crippen LogP contribution in [0.15, 0.2) is 213 Å². The molecule has 3 heterocycles. The Morgan fingerprint density at radius 1 is 0.421 bits per heavy atom. The van der Waals surface area contributed by atoms with Gasteiger partial charge in [0.2, 0.25) is 0 Å². The van der Waals surface area contributed by atoms with Crippen LogP contribution in [0.5, 0.6) is 0 Å². The Balaban J connectivity index is 1.06. The molecule has 3 heteroatoms. The van der Waals surface area contributed by atoms with Crippen LogP contribution in [0.4, 0.5) is 11.4 Å². The van der Waals surface area contributed by atoms with Gasteiger partial charge in [-0.1, -0.05) is 164 Å². The standard InChI is InChI=1S/C54H37N3/c1-2-12-43(13-3-1)51-33-45(37-28-30-55-31-29-37)35-53-56-54-50(42-26-24-41(25-27-42)49-19-9-15-39-11-5-7-17-47(39)49)32-44(34-52(54)57(51)53)36-20-22-40(23-21-36)48-18-8-14-38-10-4-6-16-46(38)48/h1-35,53,56H. The van der Waals surface area contributed by atoms with Gasteiger partial charge in [-0.2, -0.15) is 0 Å². The zero-order valence-electron chi connectivity index (χ0n) is 31.2. The fourth-order valence-electron chi connectivity index (χ4n) is 8.74. The third-order valence-corrected chi connectivity index (χ3v) is 11.5. The molecule has 11 rings (SSSR count). The van der Waals surface area contributed by atoms with Crippen molar-refractivity contribution in [3.63, 3.8) is 0 Å². The van der Waals surface area contributed by atoms with E-state index in [2.05, 4.69) is 215 Å². The summed E-state index contributed by atoms with van der Waals surface area (Å²) in [5.41, 5.74) is 16.5.